The van der Waals surface area contributed by atoms with Crippen LogP contribution in [0, 0.1) is 0 Å². The molecule has 0 aliphatic rings. The Morgan fingerprint density at radius 1 is 1.53 bits per heavy atom. The van der Waals surface area contributed by atoms with Crippen molar-refractivity contribution in [3.05, 3.63) is 24.3 Å². The van der Waals surface area contributed by atoms with Gasteiger partial charge in [-0.3, -0.25) is 4.79 Å². The minimum atomic E-state index is -4.44. The third kappa shape index (κ3) is 5.37. The van der Waals surface area contributed by atoms with E-state index >= 15 is 0 Å². The van der Waals surface area contributed by atoms with Crippen LogP contribution in [0.3, 0.4) is 0 Å². The molecule has 0 spiro atoms. The Labute approximate surface area is 86.1 Å². The molecule has 0 aliphatic heterocycles. The van der Waals surface area contributed by atoms with Crippen molar-refractivity contribution in [2.45, 2.75) is 32.0 Å². The Hall–Kier alpha value is -1.10. The van der Waals surface area contributed by atoms with Crippen LogP contribution in [0.1, 0.15) is 19.8 Å². The van der Waals surface area contributed by atoms with Crippen LogP contribution < -0.4 is 0 Å². The summed E-state index contributed by atoms with van der Waals surface area (Å²) in [4.78, 5) is 10.6. The highest BCUT2D eigenvalue weighted by molar-refractivity contribution is 5.80. The van der Waals surface area contributed by atoms with E-state index in [-0.39, 0.29) is 12.8 Å². The molecule has 0 aromatic rings. The van der Waals surface area contributed by atoms with E-state index in [2.05, 4.69) is 6.58 Å². The maximum atomic E-state index is 12.3. The number of carbonyl (C=O) groups excluding carboxylic acids is 1. The summed E-state index contributed by atoms with van der Waals surface area (Å²) in [5.74, 6) is -0.550. The van der Waals surface area contributed by atoms with Gasteiger partial charge < -0.3 is 5.11 Å². The Bertz CT molecular complexity index is 266. The first-order valence-corrected chi connectivity index (χ1v) is 4.34. The Balaban J connectivity index is 4.56. The second-order valence-corrected chi connectivity index (χ2v) is 3.08. The molecular formula is C10H13F3O2. The van der Waals surface area contributed by atoms with Gasteiger partial charge in [-0.1, -0.05) is 12.2 Å². The largest absolute Gasteiger partial charge is 0.412 e. The fourth-order valence-corrected chi connectivity index (χ4v) is 0.890. The number of aliphatic hydroxyl groups is 1. The highest BCUT2D eigenvalue weighted by Gasteiger charge is 2.32. The zero-order valence-electron chi connectivity index (χ0n) is 8.34. The van der Waals surface area contributed by atoms with Crippen molar-refractivity contribution in [2.75, 3.05) is 0 Å². The molecular weight excluding hydrogens is 209 g/mol. The number of halogens is 3. The van der Waals surface area contributed by atoms with Gasteiger partial charge >= 0.3 is 6.18 Å². The van der Waals surface area contributed by atoms with Crippen molar-refractivity contribution in [1.82, 2.24) is 0 Å². The van der Waals surface area contributed by atoms with Gasteiger partial charge in [0.25, 0.3) is 0 Å². The van der Waals surface area contributed by atoms with Crippen molar-refractivity contribution in [3.8, 4) is 0 Å². The van der Waals surface area contributed by atoms with Gasteiger partial charge in [0, 0.05) is 5.57 Å². The van der Waals surface area contributed by atoms with E-state index in [0.29, 0.717) is 0 Å². The number of Topliss-reactive ketones (excluding diaryl/α,β-unsaturated/α-hetero) is 1. The third-order valence-electron chi connectivity index (χ3n) is 1.79. The summed E-state index contributed by atoms with van der Waals surface area (Å²) in [5, 5.41) is 9.02. The summed E-state index contributed by atoms with van der Waals surface area (Å²) in [6.45, 7) is 4.33. The van der Waals surface area contributed by atoms with Crippen LogP contribution in [-0.2, 0) is 4.79 Å². The second kappa shape index (κ2) is 5.70. The summed E-state index contributed by atoms with van der Waals surface area (Å²) in [7, 11) is 0. The molecule has 0 aromatic carbocycles. The number of rotatable bonds is 5. The van der Waals surface area contributed by atoms with Crippen molar-refractivity contribution in [1.29, 1.82) is 0 Å². The van der Waals surface area contributed by atoms with Crippen LogP contribution in [0.2, 0.25) is 0 Å². The van der Waals surface area contributed by atoms with E-state index in [0.717, 1.165) is 19.1 Å². The van der Waals surface area contributed by atoms with Crippen LogP contribution in [0.25, 0.3) is 0 Å². The highest BCUT2D eigenvalue weighted by atomic mass is 19.4. The lowest BCUT2D eigenvalue weighted by Gasteiger charge is -2.10. The molecule has 0 unspecified atom stereocenters. The predicted octanol–water partition coefficient (Wildman–Crippen LogP) is 2.39. The van der Waals surface area contributed by atoms with E-state index in [9.17, 15) is 18.0 Å². The molecule has 0 radical (unpaired) electrons. The van der Waals surface area contributed by atoms with Crippen LogP contribution in [0.15, 0.2) is 24.3 Å². The van der Waals surface area contributed by atoms with Gasteiger partial charge in [0.2, 0.25) is 0 Å². The number of alkyl halides is 3. The molecule has 15 heavy (non-hydrogen) atoms. The topological polar surface area (TPSA) is 37.3 Å². The van der Waals surface area contributed by atoms with Gasteiger partial charge in [-0.25, -0.2) is 0 Å². The quantitative estimate of drug-likeness (QED) is 0.725. The van der Waals surface area contributed by atoms with Crippen LogP contribution in [-0.4, -0.2) is 23.2 Å². The first kappa shape index (κ1) is 13.9. The van der Waals surface area contributed by atoms with E-state index < -0.39 is 23.6 Å². The van der Waals surface area contributed by atoms with Crippen molar-refractivity contribution >= 4 is 5.78 Å². The Morgan fingerprint density at radius 2 is 2.07 bits per heavy atom. The summed E-state index contributed by atoms with van der Waals surface area (Å²) in [6, 6.07) is 0. The average molecular weight is 222 g/mol. The predicted molar refractivity (Wildman–Crippen MR) is 50.3 cm³/mol. The fourth-order valence-electron chi connectivity index (χ4n) is 0.890. The molecule has 0 saturated carbocycles. The summed E-state index contributed by atoms with van der Waals surface area (Å²) >= 11 is 0. The molecule has 0 bridgehead atoms. The second-order valence-electron chi connectivity index (χ2n) is 3.08. The number of aliphatic hydroxyl groups excluding tert-OH is 1. The first-order chi connectivity index (χ1) is 6.79. The number of allylic oxidation sites excluding steroid dienone is 2. The van der Waals surface area contributed by atoms with Crippen molar-refractivity contribution < 1.29 is 23.1 Å². The van der Waals surface area contributed by atoms with E-state index in [1.807, 2.05) is 0 Å². The minimum Gasteiger partial charge on any atom is -0.385 e. The van der Waals surface area contributed by atoms with Crippen LogP contribution in [0.5, 0.6) is 0 Å². The Morgan fingerprint density at radius 3 is 2.40 bits per heavy atom. The molecule has 86 valence electrons. The lowest BCUT2D eigenvalue weighted by atomic mass is 10.1. The number of hydrogen-bond donors (Lipinski definition) is 1. The van der Waals surface area contributed by atoms with Gasteiger partial charge in [0.05, 0.1) is 0 Å². The standard InChI is InChI=1S/C10H13F3O2/c1-3-4-8(10(11,12)13)5-6-9(15)7(2)14/h3,5,9,15H,1,4,6H2,2H3/b8-5+/t9-/m0/s1. The lowest BCUT2D eigenvalue weighted by Crippen LogP contribution is -2.17. The van der Waals surface area contributed by atoms with E-state index in [4.69, 9.17) is 5.11 Å². The van der Waals surface area contributed by atoms with E-state index in [1.165, 1.54) is 0 Å². The van der Waals surface area contributed by atoms with Gasteiger partial charge in [0.1, 0.15) is 6.10 Å². The monoisotopic (exact) mass is 222 g/mol. The van der Waals surface area contributed by atoms with Gasteiger partial charge in [-0.2, -0.15) is 13.2 Å². The number of hydrogen-bond acceptors (Lipinski definition) is 2. The zero-order valence-corrected chi connectivity index (χ0v) is 8.34. The average Bonchev–Trinajstić information content (AvgIpc) is 2.09. The number of ketones is 1. The summed E-state index contributed by atoms with van der Waals surface area (Å²) < 4.78 is 36.8. The first-order valence-electron chi connectivity index (χ1n) is 4.34. The smallest absolute Gasteiger partial charge is 0.385 e. The highest BCUT2D eigenvalue weighted by Crippen LogP contribution is 2.28. The maximum Gasteiger partial charge on any atom is 0.412 e. The molecule has 0 amide bonds. The van der Waals surface area contributed by atoms with Crippen LogP contribution >= 0.6 is 0 Å². The minimum absolute atomic E-state index is 0.321. The van der Waals surface area contributed by atoms with Crippen molar-refractivity contribution in [2.24, 2.45) is 0 Å². The normalized spacial score (nSPS) is 14.9. The fraction of sp³-hybridized carbons (Fsp3) is 0.500. The summed E-state index contributed by atoms with van der Waals surface area (Å²) in [5.41, 5.74) is -0.794. The van der Waals surface area contributed by atoms with Gasteiger partial charge in [-0.05, 0) is 19.8 Å². The number of carbonyl (C=O) groups is 1. The summed E-state index contributed by atoms with van der Waals surface area (Å²) in [6.07, 6.45) is -4.50. The Kier molecular flexibility index (Phi) is 5.28. The SMILES string of the molecule is C=CC/C(=C\C[C@H](O)C(C)=O)C(F)(F)F. The molecule has 0 fully saturated rings. The van der Waals surface area contributed by atoms with Crippen molar-refractivity contribution in [3.63, 3.8) is 0 Å². The zero-order chi connectivity index (χ0) is 12.1. The molecule has 0 saturated heterocycles. The van der Waals surface area contributed by atoms with Gasteiger partial charge in [0.15, 0.2) is 5.78 Å². The maximum absolute atomic E-state index is 12.3. The molecule has 0 heterocycles. The van der Waals surface area contributed by atoms with Crippen LogP contribution in [0.4, 0.5) is 13.2 Å². The van der Waals surface area contributed by atoms with Gasteiger partial charge in [-0.15, -0.1) is 6.58 Å². The molecule has 0 aromatic heterocycles. The molecule has 1 atom stereocenters. The molecule has 0 aliphatic carbocycles. The lowest BCUT2D eigenvalue weighted by molar-refractivity contribution is -0.124. The van der Waals surface area contributed by atoms with E-state index in [1.54, 1.807) is 0 Å². The molecule has 5 heteroatoms. The molecule has 1 N–H and O–H groups in total. The third-order valence-corrected chi connectivity index (χ3v) is 1.79. The molecule has 2 nitrogen and oxygen atoms in total. The molecule has 0 rings (SSSR count).